The van der Waals surface area contributed by atoms with Crippen LogP contribution in [0.3, 0.4) is 0 Å². The number of sulfonamides is 1. The van der Waals surface area contributed by atoms with Crippen molar-refractivity contribution in [1.29, 1.82) is 0 Å². The van der Waals surface area contributed by atoms with E-state index < -0.39 is 15.6 Å². The quantitative estimate of drug-likeness (QED) is 0.498. The summed E-state index contributed by atoms with van der Waals surface area (Å²) in [7, 11) is 0.903. The number of hydrogen-bond acceptors (Lipinski definition) is 6. The smallest absolute Gasteiger partial charge is 0.263 e. The highest BCUT2D eigenvalue weighted by atomic mass is 32.2. The number of benzene rings is 2. The van der Waals surface area contributed by atoms with Crippen LogP contribution >= 0.6 is 0 Å². The lowest BCUT2D eigenvalue weighted by atomic mass is 9.98. The molecule has 1 fully saturated rings. The van der Waals surface area contributed by atoms with Crippen molar-refractivity contribution in [3.63, 3.8) is 0 Å². The number of aliphatic hydroxyl groups is 1. The maximum atomic E-state index is 13.8. The Hall–Kier alpha value is -2.88. The summed E-state index contributed by atoms with van der Waals surface area (Å²) in [6.45, 7) is 0.322. The average molecular weight is 486 g/mol. The van der Waals surface area contributed by atoms with Crippen LogP contribution in [0.1, 0.15) is 42.5 Å². The molecule has 0 aliphatic heterocycles. The average Bonchev–Trinajstić information content (AvgIpc) is 3.46. The molecule has 1 aliphatic rings. The van der Waals surface area contributed by atoms with E-state index in [1.165, 1.54) is 15.1 Å². The van der Waals surface area contributed by atoms with Gasteiger partial charge in [-0.3, -0.25) is 4.68 Å². The Balaban J connectivity index is 1.68. The summed E-state index contributed by atoms with van der Waals surface area (Å²) >= 11 is 0. The van der Waals surface area contributed by atoms with E-state index in [-0.39, 0.29) is 18.1 Å². The van der Waals surface area contributed by atoms with Gasteiger partial charge in [-0.1, -0.05) is 37.1 Å². The summed E-state index contributed by atoms with van der Waals surface area (Å²) in [5, 5.41) is 15.3. The Bertz CT molecular complexity index is 1160. The summed E-state index contributed by atoms with van der Waals surface area (Å²) in [6.07, 6.45) is 3.02. The molecule has 0 bridgehead atoms. The number of ether oxygens (including phenoxy) is 2. The molecular weight excluding hydrogens is 454 g/mol. The van der Waals surface area contributed by atoms with Crippen LogP contribution in [0.4, 0.5) is 0 Å². The van der Waals surface area contributed by atoms with Gasteiger partial charge in [-0.2, -0.15) is 9.40 Å². The lowest BCUT2D eigenvalue weighted by molar-refractivity contribution is 0.0360. The van der Waals surface area contributed by atoms with E-state index in [0.29, 0.717) is 30.0 Å². The zero-order valence-corrected chi connectivity index (χ0v) is 20.6. The third-order valence-corrected chi connectivity index (χ3v) is 8.07. The summed E-state index contributed by atoms with van der Waals surface area (Å²) in [4.78, 5) is 0. The lowest BCUT2D eigenvalue weighted by Gasteiger charge is -2.22. The molecule has 1 heterocycles. The second-order valence-corrected chi connectivity index (χ2v) is 10.6. The van der Waals surface area contributed by atoms with Gasteiger partial charge in [0.1, 0.15) is 17.1 Å². The van der Waals surface area contributed by atoms with Crippen molar-refractivity contribution in [2.75, 3.05) is 14.2 Å². The van der Waals surface area contributed by atoms with Gasteiger partial charge in [0.2, 0.25) is 0 Å². The molecule has 0 amide bonds. The molecule has 0 saturated heterocycles. The normalized spacial score (nSPS) is 15.6. The first-order chi connectivity index (χ1) is 16.2. The van der Waals surface area contributed by atoms with Gasteiger partial charge in [-0.25, -0.2) is 8.42 Å². The van der Waals surface area contributed by atoms with E-state index in [1.807, 2.05) is 48.5 Å². The van der Waals surface area contributed by atoms with Crippen LogP contribution in [0.25, 0.3) is 0 Å². The molecule has 1 N–H and O–H groups in total. The predicted octanol–water partition coefficient (Wildman–Crippen LogP) is 3.59. The third-order valence-electron chi connectivity index (χ3n) is 6.41. The van der Waals surface area contributed by atoms with Crippen LogP contribution in [0, 0.1) is 0 Å². The number of hydrogen-bond donors (Lipinski definition) is 1. The summed E-state index contributed by atoms with van der Waals surface area (Å²) < 4.78 is 40.9. The van der Waals surface area contributed by atoms with Crippen molar-refractivity contribution in [2.24, 2.45) is 7.05 Å². The number of aryl methyl sites for hydroxylation is 1. The fourth-order valence-corrected chi connectivity index (χ4v) is 5.83. The van der Waals surface area contributed by atoms with Gasteiger partial charge < -0.3 is 14.6 Å². The standard InChI is InChI=1S/C25H31N3O5S/c1-27-23(25(29)14-4-5-15-25)16-24(26-27)34(30,31)28(17-19-6-10-21(32-2)11-7-19)18-20-8-12-22(33-3)13-9-20/h6-13,16,29H,4-5,14-15,17-18H2,1-3H3. The van der Waals surface area contributed by atoms with Gasteiger partial charge in [0.25, 0.3) is 10.0 Å². The third kappa shape index (κ3) is 4.96. The molecule has 1 aromatic heterocycles. The van der Waals surface area contributed by atoms with Gasteiger partial charge in [0, 0.05) is 26.2 Å². The molecule has 0 unspecified atom stereocenters. The highest BCUT2D eigenvalue weighted by molar-refractivity contribution is 7.89. The zero-order chi connectivity index (χ0) is 24.3. The topological polar surface area (TPSA) is 93.9 Å². The summed E-state index contributed by atoms with van der Waals surface area (Å²) in [5.74, 6) is 1.40. The minimum absolute atomic E-state index is 0.0626. The van der Waals surface area contributed by atoms with Gasteiger partial charge in [0.15, 0.2) is 5.03 Å². The molecule has 0 radical (unpaired) electrons. The van der Waals surface area contributed by atoms with E-state index in [0.717, 1.165) is 24.0 Å². The lowest BCUT2D eigenvalue weighted by Crippen LogP contribution is -2.30. The van der Waals surface area contributed by atoms with Gasteiger partial charge >= 0.3 is 0 Å². The number of nitrogens with zero attached hydrogens (tertiary/aromatic N) is 3. The van der Waals surface area contributed by atoms with Crippen LogP contribution in [0.15, 0.2) is 59.6 Å². The van der Waals surface area contributed by atoms with Crippen LogP contribution in [0.2, 0.25) is 0 Å². The molecule has 0 atom stereocenters. The molecule has 3 aromatic rings. The Kier molecular flexibility index (Phi) is 6.97. The molecule has 34 heavy (non-hydrogen) atoms. The van der Waals surface area contributed by atoms with Crippen LogP contribution < -0.4 is 9.47 Å². The first-order valence-corrected chi connectivity index (χ1v) is 12.7. The van der Waals surface area contributed by atoms with E-state index in [1.54, 1.807) is 21.3 Å². The SMILES string of the molecule is COc1ccc(CN(Cc2ccc(OC)cc2)S(=O)(=O)c2cc(C3(O)CCCC3)n(C)n2)cc1. The highest BCUT2D eigenvalue weighted by Gasteiger charge is 2.38. The van der Waals surface area contributed by atoms with Crippen molar-refractivity contribution in [3.05, 3.63) is 71.4 Å². The zero-order valence-electron chi connectivity index (χ0n) is 19.8. The van der Waals surface area contributed by atoms with E-state index >= 15 is 0 Å². The van der Waals surface area contributed by atoms with Crippen molar-refractivity contribution in [1.82, 2.24) is 14.1 Å². The number of aromatic nitrogens is 2. The van der Waals surface area contributed by atoms with E-state index in [2.05, 4.69) is 5.10 Å². The van der Waals surface area contributed by atoms with Crippen molar-refractivity contribution in [3.8, 4) is 11.5 Å². The van der Waals surface area contributed by atoms with Gasteiger partial charge in [0.05, 0.1) is 19.9 Å². The predicted molar refractivity (Wildman–Crippen MR) is 128 cm³/mol. The summed E-state index contributed by atoms with van der Waals surface area (Å²) in [6, 6.07) is 16.1. The van der Waals surface area contributed by atoms with Crippen LogP contribution in [-0.2, 0) is 35.8 Å². The second kappa shape index (κ2) is 9.77. The minimum atomic E-state index is -3.96. The largest absolute Gasteiger partial charge is 0.497 e. The van der Waals surface area contributed by atoms with E-state index in [9.17, 15) is 13.5 Å². The molecule has 8 nitrogen and oxygen atoms in total. The molecule has 1 aliphatic carbocycles. The maximum Gasteiger partial charge on any atom is 0.263 e. The van der Waals surface area contributed by atoms with Crippen LogP contribution in [0.5, 0.6) is 11.5 Å². The first kappa shape index (κ1) is 24.3. The number of methoxy groups -OCH3 is 2. The Morgan fingerprint density at radius 3 is 1.85 bits per heavy atom. The molecule has 0 spiro atoms. The molecular formula is C25H31N3O5S. The molecule has 2 aromatic carbocycles. The monoisotopic (exact) mass is 485 g/mol. The van der Waals surface area contributed by atoms with E-state index in [4.69, 9.17) is 9.47 Å². The van der Waals surface area contributed by atoms with Gasteiger partial charge in [-0.15, -0.1) is 0 Å². The van der Waals surface area contributed by atoms with Crippen molar-refractivity contribution in [2.45, 2.75) is 49.4 Å². The molecule has 1 saturated carbocycles. The second-order valence-electron chi connectivity index (χ2n) is 8.70. The highest BCUT2D eigenvalue weighted by Crippen LogP contribution is 2.39. The van der Waals surface area contributed by atoms with Gasteiger partial charge in [-0.05, 0) is 48.2 Å². The van der Waals surface area contributed by atoms with Crippen molar-refractivity contribution < 1.29 is 23.0 Å². The molecule has 182 valence electrons. The fourth-order valence-electron chi connectivity index (χ4n) is 4.45. The number of rotatable bonds is 9. The summed E-state index contributed by atoms with van der Waals surface area (Å²) in [5.41, 5.74) is 1.15. The first-order valence-electron chi connectivity index (χ1n) is 11.3. The molecule has 4 rings (SSSR count). The van der Waals surface area contributed by atoms with Crippen LogP contribution in [-0.4, -0.2) is 41.8 Å². The van der Waals surface area contributed by atoms with Crippen molar-refractivity contribution >= 4 is 10.0 Å². The maximum absolute atomic E-state index is 13.8. The fraction of sp³-hybridized carbons (Fsp3) is 0.400. The Morgan fingerprint density at radius 2 is 1.41 bits per heavy atom. The Labute approximate surface area is 200 Å². The Morgan fingerprint density at radius 1 is 0.941 bits per heavy atom. The minimum Gasteiger partial charge on any atom is -0.497 e. The molecule has 9 heteroatoms.